The van der Waals surface area contributed by atoms with Crippen LogP contribution in [0.25, 0.3) is 11.4 Å². The van der Waals surface area contributed by atoms with E-state index in [9.17, 15) is 8.42 Å². The summed E-state index contributed by atoms with van der Waals surface area (Å²) in [5.74, 6) is 1.75. The lowest BCUT2D eigenvalue weighted by Crippen LogP contribution is -2.11. The Kier molecular flexibility index (Phi) is 6.99. The van der Waals surface area contributed by atoms with Crippen LogP contribution in [-0.4, -0.2) is 41.8 Å². The van der Waals surface area contributed by atoms with Crippen LogP contribution in [0, 0.1) is 13.8 Å². The van der Waals surface area contributed by atoms with Crippen molar-refractivity contribution in [1.29, 1.82) is 0 Å². The molecule has 0 aliphatic rings. The number of para-hydroxylation sites is 1. The van der Waals surface area contributed by atoms with E-state index in [1.54, 1.807) is 19.3 Å². The number of rotatable bonds is 9. The number of aryl methyl sites for hydroxylation is 2. The zero-order chi connectivity index (χ0) is 21.7. The van der Waals surface area contributed by atoms with E-state index in [4.69, 9.17) is 4.74 Å². The Morgan fingerprint density at radius 3 is 2.67 bits per heavy atom. The molecule has 1 heterocycles. The second kappa shape index (κ2) is 9.49. The fourth-order valence-corrected chi connectivity index (χ4v) is 6.07. The number of aromatic nitrogens is 3. The highest BCUT2D eigenvalue weighted by Crippen LogP contribution is 2.31. The molecule has 0 saturated carbocycles. The quantitative estimate of drug-likeness (QED) is 0.362. The minimum absolute atomic E-state index is 0.0207. The van der Waals surface area contributed by atoms with Crippen LogP contribution in [0.1, 0.15) is 11.1 Å². The molecule has 0 fully saturated rings. The van der Waals surface area contributed by atoms with E-state index in [1.807, 2.05) is 54.8 Å². The molecule has 0 aliphatic heterocycles. The first-order valence-corrected chi connectivity index (χ1v) is 12.1. The van der Waals surface area contributed by atoms with E-state index < -0.39 is 9.84 Å². The molecule has 0 spiro atoms. The third-order valence-corrected chi connectivity index (χ3v) is 7.72. The summed E-state index contributed by atoms with van der Waals surface area (Å²) in [7, 11) is -1.77. The summed E-state index contributed by atoms with van der Waals surface area (Å²) in [5.41, 5.74) is 2.52. The molecule has 1 aromatic heterocycles. The lowest BCUT2D eigenvalue weighted by atomic mass is 10.2. The van der Waals surface area contributed by atoms with Crippen molar-refractivity contribution in [3.8, 4) is 17.1 Å². The fraction of sp³-hybridized carbons (Fsp3) is 0.273. The first-order valence-electron chi connectivity index (χ1n) is 9.47. The molecule has 0 saturated heterocycles. The molecule has 0 amide bonds. The van der Waals surface area contributed by atoms with Crippen molar-refractivity contribution in [2.24, 2.45) is 0 Å². The van der Waals surface area contributed by atoms with Gasteiger partial charge in [0, 0.05) is 12.3 Å². The Hall–Kier alpha value is -2.58. The molecule has 30 heavy (non-hydrogen) atoms. The molecule has 3 aromatic rings. The average Bonchev–Trinajstić information content (AvgIpc) is 3.12. The van der Waals surface area contributed by atoms with Gasteiger partial charge < -0.3 is 4.74 Å². The lowest BCUT2D eigenvalue weighted by molar-refractivity contribution is 0.416. The molecule has 0 aliphatic carbocycles. The maximum absolute atomic E-state index is 12.8. The van der Waals surface area contributed by atoms with E-state index in [1.165, 1.54) is 11.8 Å². The summed E-state index contributed by atoms with van der Waals surface area (Å²) in [6.45, 7) is 8.04. The van der Waals surface area contributed by atoms with Gasteiger partial charge in [0.05, 0.1) is 23.3 Å². The van der Waals surface area contributed by atoms with Gasteiger partial charge >= 0.3 is 0 Å². The molecular formula is C22H25N3O3S2. The van der Waals surface area contributed by atoms with Crippen molar-refractivity contribution >= 4 is 21.6 Å². The molecule has 0 bridgehead atoms. The van der Waals surface area contributed by atoms with Gasteiger partial charge in [0.2, 0.25) is 0 Å². The van der Waals surface area contributed by atoms with Crippen molar-refractivity contribution in [2.75, 3.05) is 18.6 Å². The minimum Gasteiger partial charge on any atom is -0.496 e. The third kappa shape index (κ3) is 4.76. The smallest absolute Gasteiger partial charge is 0.191 e. The molecule has 6 nitrogen and oxygen atoms in total. The van der Waals surface area contributed by atoms with Gasteiger partial charge in [-0.05, 0) is 43.2 Å². The highest BCUT2D eigenvalue weighted by molar-refractivity contribution is 8.00. The second-order valence-electron chi connectivity index (χ2n) is 6.84. The van der Waals surface area contributed by atoms with Gasteiger partial charge in [0.15, 0.2) is 20.8 Å². The maximum atomic E-state index is 12.8. The molecule has 8 heteroatoms. The number of methoxy groups -OCH3 is 1. The summed E-state index contributed by atoms with van der Waals surface area (Å²) in [6, 6.07) is 13.1. The van der Waals surface area contributed by atoms with E-state index in [0.29, 0.717) is 33.9 Å². The van der Waals surface area contributed by atoms with E-state index in [0.717, 1.165) is 16.7 Å². The van der Waals surface area contributed by atoms with Gasteiger partial charge in [0.25, 0.3) is 0 Å². The summed E-state index contributed by atoms with van der Waals surface area (Å²) in [5, 5.41) is 9.26. The number of hydrogen-bond acceptors (Lipinski definition) is 6. The first-order chi connectivity index (χ1) is 14.4. The molecule has 2 aromatic carbocycles. The highest BCUT2D eigenvalue weighted by atomic mass is 32.2. The van der Waals surface area contributed by atoms with E-state index in [2.05, 4.69) is 16.8 Å². The summed E-state index contributed by atoms with van der Waals surface area (Å²) >= 11 is 1.37. The van der Waals surface area contributed by atoms with Crippen LogP contribution in [0.2, 0.25) is 0 Å². The Labute approximate surface area is 181 Å². The predicted octanol–water partition coefficient (Wildman–Crippen LogP) is 4.32. The van der Waals surface area contributed by atoms with Crippen LogP contribution >= 0.6 is 11.8 Å². The molecular weight excluding hydrogens is 418 g/mol. The van der Waals surface area contributed by atoms with Crippen molar-refractivity contribution < 1.29 is 13.2 Å². The number of nitrogens with zero attached hydrogens (tertiary/aromatic N) is 3. The Morgan fingerprint density at radius 2 is 1.93 bits per heavy atom. The van der Waals surface area contributed by atoms with Gasteiger partial charge in [-0.1, -0.05) is 42.1 Å². The summed E-state index contributed by atoms with van der Waals surface area (Å²) in [4.78, 5) is 0.394. The van der Waals surface area contributed by atoms with Crippen molar-refractivity contribution in [1.82, 2.24) is 14.8 Å². The molecule has 0 radical (unpaired) electrons. The second-order valence-corrected chi connectivity index (χ2v) is 9.98. The monoisotopic (exact) mass is 443 g/mol. The van der Waals surface area contributed by atoms with Gasteiger partial charge in [-0.25, -0.2) is 8.42 Å². The van der Waals surface area contributed by atoms with Crippen molar-refractivity contribution in [3.63, 3.8) is 0 Å². The number of benzene rings is 2. The van der Waals surface area contributed by atoms with Gasteiger partial charge in [0.1, 0.15) is 5.75 Å². The average molecular weight is 444 g/mol. The van der Waals surface area contributed by atoms with Crippen LogP contribution in [0.5, 0.6) is 5.75 Å². The summed E-state index contributed by atoms with van der Waals surface area (Å²) < 4.78 is 33.0. The lowest BCUT2D eigenvalue weighted by Gasteiger charge is -2.11. The van der Waals surface area contributed by atoms with Crippen LogP contribution < -0.4 is 4.74 Å². The number of sulfone groups is 1. The third-order valence-electron chi connectivity index (χ3n) is 4.64. The zero-order valence-electron chi connectivity index (χ0n) is 17.3. The van der Waals surface area contributed by atoms with Crippen LogP contribution in [0.15, 0.2) is 65.2 Å². The largest absolute Gasteiger partial charge is 0.496 e. The topological polar surface area (TPSA) is 74.1 Å². The van der Waals surface area contributed by atoms with E-state index >= 15 is 0 Å². The standard InChI is InChI=1S/C22H25N3O3S2/c1-5-12-25-21(18-8-6-7-9-19(18)28-4)23-24-22(25)29-13-14-30(26,27)20-15-16(2)10-11-17(20)3/h5-11,15H,1,12-14H2,2-4H3. The maximum Gasteiger partial charge on any atom is 0.191 e. The SMILES string of the molecule is C=CCn1c(SCCS(=O)(=O)c2cc(C)ccc2C)nnc1-c1ccccc1OC. The zero-order valence-corrected chi connectivity index (χ0v) is 19.0. The van der Waals surface area contributed by atoms with Crippen LogP contribution in [-0.2, 0) is 16.4 Å². The van der Waals surface area contributed by atoms with Crippen molar-refractivity contribution in [3.05, 3.63) is 66.2 Å². The Morgan fingerprint density at radius 1 is 1.17 bits per heavy atom. The normalized spacial score (nSPS) is 11.4. The number of thioether (sulfide) groups is 1. The molecule has 3 rings (SSSR count). The number of ether oxygens (including phenoxy) is 1. The molecule has 0 unspecified atom stereocenters. The molecule has 158 valence electrons. The number of allylic oxidation sites excluding steroid dienone is 1. The predicted molar refractivity (Wildman–Crippen MR) is 121 cm³/mol. The Bertz CT molecular complexity index is 1150. The minimum atomic E-state index is -3.38. The molecule has 0 N–H and O–H groups in total. The van der Waals surface area contributed by atoms with Crippen molar-refractivity contribution in [2.45, 2.75) is 30.4 Å². The van der Waals surface area contributed by atoms with Gasteiger partial charge in [-0.2, -0.15) is 0 Å². The van der Waals surface area contributed by atoms with Crippen LogP contribution in [0.3, 0.4) is 0 Å². The summed E-state index contributed by atoms with van der Waals surface area (Å²) in [6.07, 6.45) is 1.76. The van der Waals surface area contributed by atoms with Crippen LogP contribution in [0.4, 0.5) is 0 Å². The molecule has 0 atom stereocenters. The van der Waals surface area contributed by atoms with E-state index in [-0.39, 0.29) is 5.75 Å². The fourth-order valence-electron chi connectivity index (χ4n) is 3.11. The Balaban J connectivity index is 1.81. The first kappa shape index (κ1) is 22.1. The highest BCUT2D eigenvalue weighted by Gasteiger charge is 2.20. The number of hydrogen-bond donors (Lipinski definition) is 0. The van der Waals surface area contributed by atoms with Gasteiger partial charge in [-0.3, -0.25) is 4.57 Å². The van der Waals surface area contributed by atoms with Gasteiger partial charge in [-0.15, -0.1) is 16.8 Å².